The molecule has 1 N–H and O–H groups in total. The van der Waals surface area contributed by atoms with Gasteiger partial charge in [-0.3, -0.25) is 15.1 Å². The number of aliphatic hydroxyl groups is 1. The number of rotatable bonds is 2. The fraction of sp³-hybridized carbons (Fsp3) is 0.100. The molecule has 0 spiro atoms. The van der Waals surface area contributed by atoms with Gasteiger partial charge in [0, 0.05) is 17.5 Å². The highest BCUT2D eigenvalue weighted by molar-refractivity contribution is 5.81. The van der Waals surface area contributed by atoms with Crippen molar-refractivity contribution in [1.82, 2.24) is 4.98 Å². The maximum absolute atomic E-state index is 10.5. The minimum absolute atomic E-state index is 0.0426. The summed E-state index contributed by atoms with van der Waals surface area (Å²) < 4.78 is 0. The van der Waals surface area contributed by atoms with Crippen LogP contribution in [0.3, 0.4) is 0 Å². The minimum Gasteiger partial charge on any atom is -0.390 e. The van der Waals surface area contributed by atoms with Crippen molar-refractivity contribution < 1.29 is 10.0 Å². The molecule has 0 aliphatic rings. The van der Waals surface area contributed by atoms with Crippen molar-refractivity contribution in [3.63, 3.8) is 0 Å². The van der Waals surface area contributed by atoms with Crippen LogP contribution in [-0.2, 0) is 6.61 Å². The molecular weight excluding hydrogens is 196 g/mol. The summed E-state index contributed by atoms with van der Waals surface area (Å²) in [5.41, 5.74) is 1.24. The quantitative estimate of drug-likeness (QED) is 0.595. The molecular formula is C10H8N2O3. The molecule has 0 bridgehead atoms. The molecule has 1 heterocycles. The molecule has 1 aromatic carbocycles. The fourth-order valence-electron chi connectivity index (χ4n) is 1.36. The monoisotopic (exact) mass is 204 g/mol. The summed E-state index contributed by atoms with van der Waals surface area (Å²) in [6.07, 6.45) is 0. The van der Waals surface area contributed by atoms with Gasteiger partial charge in [-0.15, -0.1) is 0 Å². The lowest BCUT2D eigenvalue weighted by atomic mass is 10.2. The largest absolute Gasteiger partial charge is 0.390 e. The SMILES string of the molecule is O=[N+]([O-])c1ccc2nc(CO)ccc2c1. The number of aliphatic hydroxyl groups excluding tert-OH is 1. The van der Waals surface area contributed by atoms with Crippen LogP contribution in [0.2, 0.25) is 0 Å². The summed E-state index contributed by atoms with van der Waals surface area (Å²) in [6.45, 7) is -0.132. The number of fused-ring (bicyclic) bond motifs is 1. The third-order valence-corrected chi connectivity index (χ3v) is 2.10. The zero-order valence-corrected chi connectivity index (χ0v) is 7.75. The molecule has 0 fully saturated rings. The van der Waals surface area contributed by atoms with E-state index in [9.17, 15) is 10.1 Å². The van der Waals surface area contributed by atoms with Crippen LogP contribution in [0.25, 0.3) is 10.9 Å². The molecule has 0 atom stereocenters. The summed E-state index contributed by atoms with van der Waals surface area (Å²) in [4.78, 5) is 14.2. The van der Waals surface area contributed by atoms with Gasteiger partial charge < -0.3 is 5.11 Å². The Kier molecular flexibility index (Phi) is 2.31. The van der Waals surface area contributed by atoms with Gasteiger partial charge in [0.05, 0.1) is 22.7 Å². The summed E-state index contributed by atoms with van der Waals surface area (Å²) in [7, 11) is 0. The van der Waals surface area contributed by atoms with Crippen LogP contribution in [0.1, 0.15) is 5.69 Å². The van der Waals surface area contributed by atoms with E-state index >= 15 is 0 Å². The number of nitro groups is 1. The molecule has 0 saturated heterocycles. The number of nitrogens with zero attached hydrogens (tertiary/aromatic N) is 2. The van der Waals surface area contributed by atoms with E-state index in [1.54, 1.807) is 18.2 Å². The molecule has 0 saturated carbocycles. The number of hydrogen-bond acceptors (Lipinski definition) is 4. The van der Waals surface area contributed by atoms with Gasteiger partial charge in [0.15, 0.2) is 0 Å². The van der Waals surface area contributed by atoms with Crippen LogP contribution in [0.5, 0.6) is 0 Å². The molecule has 0 amide bonds. The van der Waals surface area contributed by atoms with Crippen molar-refractivity contribution >= 4 is 16.6 Å². The topological polar surface area (TPSA) is 76.3 Å². The average molecular weight is 204 g/mol. The second kappa shape index (κ2) is 3.62. The molecule has 0 radical (unpaired) electrons. The predicted octanol–water partition coefficient (Wildman–Crippen LogP) is 1.64. The Balaban J connectivity index is 2.59. The van der Waals surface area contributed by atoms with Crippen molar-refractivity contribution in [2.24, 2.45) is 0 Å². The first-order chi connectivity index (χ1) is 7.20. The molecule has 0 aliphatic carbocycles. The molecule has 15 heavy (non-hydrogen) atoms. The van der Waals surface area contributed by atoms with Gasteiger partial charge >= 0.3 is 0 Å². The molecule has 1 aromatic heterocycles. The smallest absolute Gasteiger partial charge is 0.270 e. The van der Waals surface area contributed by atoms with Crippen molar-refractivity contribution in [2.45, 2.75) is 6.61 Å². The first-order valence-electron chi connectivity index (χ1n) is 4.35. The van der Waals surface area contributed by atoms with Gasteiger partial charge in [-0.2, -0.15) is 0 Å². The number of non-ortho nitro benzene ring substituents is 1. The highest BCUT2D eigenvalue weighted by Crippen LogP contribution is 2.19. The molecule has 0 aliphatic heterocycles. The van der Waals surface area contributed by atoms with E-state index in [2.05, 4.69) is 4.98 Å². The summed E-state index contributed by atoms with van der Waals surface area (Å²) in [6, 6.07) is 7.79. The molecule has 5 nitrogen and oxygen atoms in total. The van der Waals surface area contributed by atoms with Crippen molar-refractivity contribution in [3.8, 4) is 0 Å². The third kappa shape index (κ3) is 1.77. The summed E-state index contributed by atoms with van der Waals surface area (Å²) in [5.74, 6) is 0. The molecule has 5 heteroatoms. The van der Waals surface area contributed by atoms with E-state index < -0.39 is 4.92 Å². The lowest BCUT2D eigenvalue weighted by Gasteiger charge is -1.99. The maximum Gasteiger partial charge on any atom is 0.270 e. The fourth-order valence-corrected chi connectivity index (χ4v) is 1.36. The Morgan fingerprint density at radius 2 is 2.13 bits per heavy atom. The number of pyridine rings is 1. The van der Waals surface area contributed by atoms with E-state index in [1.807, 2.05) is 0 Å². The lowest BCUT2D eigenvalue weighted by molar-refractivity contribution is -0.384. The highest BCUT2D eigenvalue weighted by atomic mass is 16.6. The third-order valence-electron chi connectivity index (χ3n) is 2.10. The van der Waals surface area contributed by atoms with Crippen molar-refractivity contribution in [1.29, 1.82) is 0 Å². The lowest BCUT2D eigenvalue weighted by Crippen LogP contribution is -1.91. The van der Waals surface area contributed by atoms with Gasteiger partial charge in [-0.05, 0) is 12.1 Å². The minimum atomic E-state index is -0.445. The summed E-state index contributed by atoms with van der Waals surface area (Å²) in [5, 5.41) is 20.1. The van der Waals surface area contributed by atoms with Crippen LogP contribution in [-0.4, -0.2) is 15.0 Å². The molecule has 2 rings (SSSR count). The van der Waals surface area contributed by atoms with Crippen LogP contribution in [0.15, 0.2) is 30.3 Å². The average Bonchev–Trinajstić information content (AvgIpc) is 2.27. The predicted molar refractivity (Wildman–Crippen MR) is 54.3 cm³/mol. The first kappa shape index (κ1) is 9.54. The second-order valence-corrected chi connectivity index (χ2v) is 3.09. The van der Waals surface area contributed by atoms with Crippen LogP contribution >= 0.6 is 0 Å². The van der Waals surface area contributed by atoms with Gasteiger partial charge in [0.1, 0.15) is 0 Å². The Labute approximate surface area is 85.1 Å². The van der Waals surface area contributed by atoms with Crippen molar-refractivity contribution in [3.05, 3.63) is 46.1 Å². The number of hydrogen-bond donors (Lipinski definition) is 1. The summed E-state index contributed by atoms with van der Waals surface area (Å²) >= 11 is 0. The normalized spacial score (nSPS) is 10.5. The Morgan fingerprint density at radius 1 is 1.33 bits per heavy atom. The van der Waals surface area contributed by atoms with Gasteiger partial charge in [0.2, 0.25) is 0 Å². The highest BCUT2D eigenvalue weighted by Gasteiger charge is 2.06. The van der Waals surface area contributed by atoms with Gasteiger partial charge in [-0.25, -0.2) is 0 Å². The van der Waals surface area contributed by atoms with E-state index in [1.165, 1.54) is 12.1 Å². The number of benzene rings is 1. The molecule has 76 valence electrons. The Morgan fingerprint density at radius 3 is 2.80 bits per heavy atom. The van der Waals surface area contributed by atoms with E-state index in [-0.39, 0.29) is 12.3 Å². The van der Waals surface area contributed by atoms with Crippen LogP contribution < -0.4 is 0 Å². The Bertz CT molecular complexity index is 525. The van der Waals surface area contributed by atoms with Crippen LogP contribution in [0.4, 0.5) is 5.69 Å². The van der Waals surface area contributed by atoms with E-state index in [4.69, 9.17) is 5.11 Å². The zero-order valence-electron chi connectivity index (χ0n) is 7.75. The number of nitro benzene ring substituents is 1. The second-order valence-electron chi connectivity index (χ2n) is 3.09. The van der Waals surface area contributed by atoms with Gasteiger partial charge in [-0.1, -0.05) is 6.07 Å². The van der Waals surface area contributed by atoms with E-state index in [0.29, 0.717) is 16.6 Å². The molecule has 0 unspecified atom stereocenters. The van der Waals surface area contributed by atoms with Gasteiger partial charge in [0.25, 0.3) is 5.69 Å². The standard InChI is InChI=1S/C10H8N2O3/c13-6-8-2-1-7-5-9(12(14)15)3-4-10(7)11-8/h1-5,13H,6H2. The zero-order chi connectivity index (χ0) is 10.8. The first-order valence-corrected chi connectivity index (χ1v) is 4.35. The number of aromatic nitrogens is 1. The van der Waals surface area contributed by atoms with Crippen molar-refractivity contribution in [2.75, 3.05) is 0 Å². The van der Waals surface area contributed by atoms with E-state index in [0.717, 1.165) is 0 Å². The maximum atomic E-state index is 10.5. The van der Waals surface area contributed by atoms with Crippen LogP contribution in [0, 0.1) is 10.1 Å². The molecule has 2 aromatic rings. The Hall–Kier alpha value is -2.01.